The van der Waals surface area contributed by atoms with E-state index in [2.05, 4.69) is 11.8 Å². The Kier molecular flexibility index (Phi) is 3.13. The Labute approximate surface area is 87.3 Å². The van der Waals surface area contributed by atoms with E-state index in [-0.39, 0.29) is 5.54 Å². The van der Waals surface area contributed by atoms with Gasteiger partial charge in [-0.2, -0.15) is 0 Å². The second-order valence-corrected chi connectivity index (χ2v) is 5.28. The lowest BCUT2D eigenvalue weighted by atomic mass is 9.76. The van der Waals surface area contributed by atoms with Crippen LogP contribution in [0.1, 0.15) is 45.4 Å². The van der Waals surface area contributed by atoms with Crippen molar-refractivity contribution in [2.75, 3.05) is 19.7 Å². The summed E-state index contributed by atoms with van der Waals surface area (Å²) in [7, 11) is 0. The molecule has 2 nitrogen and oxygen atoms in total. The zero-order valence-corrected chi connectivity index (χ0v) is 9.34. The third-order valence-electron chi connectivity index (χ3n) is 4.14. The van der Waals surface area contributed by atoms with Gasteiger partial charge in [0.25, 0.3) is 0 Å². The van der Waals surface area contributed by atoms with Crippen LogP contribution in [0.15, 0.2) is 0 Å². The highest BCUT2D eigenvalue weighted by atomic mass is 16.3. The molecule has 2 heteroatoms. The molecule has 1 N–H and O–H groups in total. The van der Waals surface area contributed by atoms with Crippen molar-refractivity contribution >= 4 is 0 Å². The molecule has 2 aliphatic rings. The topological polar surface area (TPSA) is 23.5 Å². The molecule has 1 heterocycles. The molecule has 1 aliphatic heterocycles. The normalized spacial score (nSPS) is 40.3. The van der Waals surface area contributed by atoms with Crippen molar-refractivity contribution in [3.05, 3.63) is 0 Å². The zero-order valence-electron chi connectivity index (χ0n) is 9.34. The van der Waals surface area contributed by atoms with Crippen molar-refractivity contribution in [2.24, 2.45) is 5.92 Å². The fourth-order valence-corrected chi connectivity index (χ4v) is 3.35. The summed E-state index contributed by atoms with van der Waals surface area (Å²) in [6, 6.07) is 0. The number of hydrogen-bond acceptors (Lipinski definition) is 2. The minimum Gasteiger partial charge on any atom is -0.394 e. The van der Waals surface area contributed by atoms with Gasteiger partial charge < -0.3 is 5.11 Å². The van der Waals surface area contributed by atoms with E-state index in [1.807, 2.05) is 0 Å². The first-order valence-electron chi connectivity index (χ1n) is 6.13. The SMILES string of the molecule is CC1CCCC(CO)(N2CCCC2)C1. The Morgan fingerprint density at radius 2 is 2.00 bits per heavy atom. The Morgan fingerprint density at radius 1 is 1.29 bits per heavy atom. The lowest BCUT2D eigenvalue weighted by Gasteiger charge is -2.45. The zero-order chi connectivity index (χ0) is 10.0. The van der Waals surface area contributed by atoms with Gasteiger partial charge in [-0.25, -0.2) is 0 Å². The van der Waals surface area contributed by atoms with Gasteiger partial charge in [-0.1, -0.05) is 19.8 Å². The van der Waals surface area contributed by atoms with Crippen LogP contribution < -0.4 is 0 Å². The molecule has 2 fully saturated rings. The Hall–Kier alpha value is -0.0800. The third kappa shape index (κ3) is 1.82. The fourth-order valence-electron chi connectivity index (χ4n) is 3.35. The lowest BCUT2D eigenvalue weighted by molar-refractivity contribution is 0.00190. The summed E-state index contributed by atoms with van der Waals surface area (Å²) in [5, 5.41) is 9.68. The highest BCUT2D eigenvalue weighted by Crippen LogP contribution is 2.38. The summed E-state index contributed by atoms with van der Waals surface area (Å²) < 4.78 is 0. The highest BCUT2D eigenvalue weighted by Gasteiger charge is 2.40. The van der Waals surface area contributed by atoms with Gasteiger partial charge in [-0.05, 0) is 44.7 Å². The lowest BCUT2D eigenvalue weighted by Crippen LogP contribution is -2.52. The molecular formula is C12H23NO. The summed E-state index contributed by atoms with van der Waals surface area (Å²) in [4.78, 5) is 2.56. The van der Waals surface area contributed by atoms with E-state index in [4.69, 9.17) is 0 Å². The van der Waals surface area contributed by atoms with E-state index < -0.39 is 0 Å². The number of rotatable bonds is 2. The average molecular weight is 197 g/mol. The molecule has 2 rings (SSSR count). The minimum atomic E-state index is 0.161. The van der Waals surface area contributed by atoms with Crippen molar-refractivity contribution in [2.45, 2.75) is 51.0 Å². The van der Waals surface area contributed by atoms with Gasteiger partial charge in [0.1, 0.15) is 0 Å². The molecular weight excluding hydrogens is 174 g/mol. The third-order valence-corrected chi connectivity index (χ3v) is 4.14. The van der Waals surface area contributed by atoms with Gasteiger partial charge in [-0.3, -0.25) is 4.90 Å². The first kappa shape index (κ1) is 10.4. The van der Waals surface area contributed by atoms with Crippen LogP contribution in [-0.4, -0.2) is 35.2 Å². The van der Waals surface area contributed by atoms with Gasteiger partial charge in [0.2, 0.25) is 0 Å². The van der Waals surface area contributed by atoms with E-state index in [0.717, 1.165) is 5.92 Å². The predicted molar refractivity (Wildman–Crippen MR) is 58.3 cm³/mol. The van der Waals surface area contributed by atoms with Crippen LogP contribution in [0.3, 0.4) is 0 Å². The van der Waals surface area contributed by atoms with Crippen molar-refractivity contribution in [1.29, 1.82) is 0 Å². The Morgan fingerprint density at radius 3 is 2.57 bits per heavy atom. The second kappa shape index (κ2) is 4.19. The first-order chi connectivity index (χ1) is 6.77. The molecule has 0 aromatic rings. The molecule has 0 amide bonds. The summed E-state index contributed by atoms with van der Waals surface area (Å²) in [5.74, 6) is 0.802. The first-order valence-corrected chi connectivity index (χ1v) is 6.13. The van der Waals surface area contributed by atoms with Crippen LogP contribution in [0.5, 0.6) is 0 Å². The summed E-state index contributed by atoms with van der Waals surface area (Å²) in [6.45, 7) is 5.14. The number of aliphatic hydroxyl groups excluding tert-OH is 1. The van der Waals surface area contributed by atoms with Crippen molar-refractivity contribution in [1.82, 2.24) is 4.90 Å². The van der Waals surface area contributed by atoms with Gasteiger partial charge >= 0.3 is 0 Å². The quantitative estimate of drug-likeness (QED) is 0.732. The maximum Gasteiger partial charge on any atom is 0.0615 e. The van der Waals surface area contributed by atoms with Crippen LogP contribution in [0.4, 0.5) is 0 Å². The number of hydrogen-bond donors (Lipinski definition) is 1. The minimum absolute atomic E-state index is 0.161. The van der Waals surface area contributed by atoms with Gasteiger partial charge in [0.05, 0.1) is 6.61 Å². The van der Waals surface area contributed by atoms with Crippen LogP contribution >= 0.6 is 0 Å². The highest BCUT2D eigenvalue weighted by molar-refractivity contribution is 4.96. The molecule has 0 aromatic carbocycles. The predicted octanol–water partition coefficient (Wildman–Crippen LogP) is 2.02. The van der Waals surface area contributed by atoms with Crippen molar-refractivity contribution in [3.8, 4) is 0 Å². The molecule has 2 atom stereocenters. The number of aliphatic hydroxyl groups is 1. The molecule has 82 valence electrons. The molecule has 0 bridgehead atoms. The molecule has 1 saturated heterocycles. The monoisotopic (exact) mass is 197 g/mol. The van der Waals surface area contributed by atoms with Gasteiger partial charge in [-0.15, -0.1) is 0 Å². The standard InChI is InChI=1S/C12H23NO/c1-11-5-4-6-12(9-11,10-14)13-7-2-3-8-13/h11,14H,2-10H2,1H3. The number of nitrogens with zero attached hydrogens (tertiary/aromatic N) is 1. The molecule has 1 saturated carbocycles. The molecule has 0 aromatic heterocycles. The largest absolute Gasteiger partial charge is 0.394 e. The summed E-state index contributed by atoms with van der Waals surface area (Å²) in [6.07, 6.45) is 7.75. The van der Waals surface area contributed by atoms with Crippen LogP contribution in [0.2, 0.25) is 0 Å². The Balaban J connectivity index is 2.06. The molecule has 14 heavy (non-hydrogen) atoms. The van der Waals surface area contributed by atoms with Crippen LogP contribution in [0.25, 0.3) is 0 Å². The van der Waals surface area contributed by atoms with Crippen molar-refractivity contribution in [3.63, 3.8) is 0 Å². The smallest absolute Gasteiger partial charge is 0.0615 e. The van der Waals surface area contributed by atoms with E-state index in [0.29, 0.717) is 6.61 Å². The van der Waals surface area contributed by atoms with E-state index in [9.17, 15) is 5.11 Å². The number of likely N-dealkylation sites (tertiary alicyclic amines) is 1. The average Bonchev–Trinajstić information content (AvgIpc) is 2.71. The van der Waals surface area contributed by atoms with Crippen molar-refractivity contribution < 1.29 is 5.11 Å². The second-order valence-electron chi connectivity index (χ2n) is 5.28. The van der Waals surface area contributed by atoms with Gasteiger partial charge in [0, 0.05) is 5.54 Å². The van der Waals surface area contributed by atoms with E-state index in [1.165, 1.54) is 51.6 Å². The molecule has 0 radical (unpaired) electrons. The van der Waals surface area contributed by atoms with Crippen LogP contribution in [0, 0.1) is 5.92 Å². The Bertz CT molecular complexity index is 189. The molecule has 1 aliphatic carbocycles. The maximum absolute atomic E-state index is 9.68. The van der Waals surface area contributed by atoms with Crippen LogP contribution in [-0.2, 0) is 0 Å². The summed E-state index contributed by atoms with van der Waals surface area (Å²) >= 11 is 0. The molecule has 0 spiro atoms. The van der Waals surface area contributed by atoms with E-state index >= 15 is 0 Å². The fraction of sp³-hybridized carbons (Fsp3) is 1.00. The molecule has 2 unspecified atom stereocenters. The maximum atomic E-state index is 9.68. The summed E-state index contributed by atoms with van der Waals surface area (Å²) in [5.41, 5.74) is 0.161. The van der Waals surface area contributed by atoms with Gasteiger partial charge in [0.15, 0.2) is 0 Å². The van der Waals surface area contributed by atoms with E-state index in [1.54, 1.807) is 0 Å².